The van der Waals surface area contributed by atoms with Crippen molar-refractivity contribution < 1.29 is 21.3 Å². The first-order valence-corrected chi connectivity index (χ1v) is 14.5. The number of thiazole rings is 1. The molecule has 36 heavy (non-hydrogen) atoms. The summed E-state index contributed by atoms with van der Waals surface area (Å²) in [5.41, 5.74) is 3.28. The quantitative estimate of drug-likeness (QED) is 0.271. The highest BCUT2D eigenvalue weighted by Gasteiger charge is 2.37. The van der Waals surface area contributed by atoms with E-state index in [2.05, 4.69) is 19.9 Å². The first-order chi connectivity index (χ1) is 17.4. The second-order valence-electron chi connectivity index (χ2n) is 7.90. The van der Waals surface area contributed by atoms with E-state index in [0.29, 0.717) is 16.1 Å². The van der Waals surface area contributed by atoms with Gasteiger partial charge in [-0.1, -0.05) is 66.7 Å². The number of hydrogen-bond donors (Lipinski definition) is 2. The summed E-state index contributed by atoms with van der Waals surface area (Å²) in [5, 5.41) is 6.76. The summed E-state index contributed by atoms with van der Waals surface area (Å²) in [6.07, 6.45) is 0. The highest BCUT2D eigenvalue weighted by atomic mass is 32.2. The maximum absolute atomic E-state index is 13.7. The monoisotopic (exact) mass is 540 g/mol. The Labute approximate surface area is 212 Å². The Balaban J connectivity index is 1.57. The second-order valence-corrected chi connectivity index (χ2v) is 11.9. The van der Waals surface area contributed by atoms with Crippen LogP contribution in [0.3, 0.4) is 0 Å². The molecular formula is C24H20N4O5S3. The van der Waals surface area contributed by atoms with Gasteiger partial charge in [0.1, 0.15) is 5.01 Å². The van der Waals surface area contributed by atoms with Gasteiger partial charge in [0.05, 0.1) is 22.5 Å². The average Bonchev–Trinajstić information content (AvgIpc) is 3.50. The first-order valence-electron chi connectivity index (χ1n) is 10.8. The Morgan fingerprint density at radius 3 is 2.36 bits per heavy atom. The molecule has 2 aromatic heterocycles. The van der Waals surface area contributed by atoms with E-state index >= 15 is 0 Å². The molecule has 0 fully saturated rings. The Bertz CT molecular complexity index is 1670. The van der Waals surface area contributed by atoms with Crippen LogP contribution in [0, 0.1) is 0 Å². The van der Waals surface area contributed by atoms with Gasteiger partial charge in [-0.2, -0.15) is 0 Å². The van der Waals surface area contributed by atoms with Gasteiger partial charge in [-0.3, -0.25) is 0 Å². The molecule has 0 bridgehead atoms. The number of nitrogens with zero attached hydrogens (tertiary/aromatic N) is 3. The number of aromatic nitrogens is 3. The van der Waals surface area contributed by atoms with Crippen LogP contribution in [0.25, 0.3) is 21.3 Å². The maximum atomic E-state index is 13.7. The van der Waals surface area contributed by atoms with Crippen LogP contribution in [-0.4, -0.2) is 32.0 Å². The van der Waals surface area contributed by atoms with Crippen molar-refractivity contribution in [3.8, 4) is 11.1 Å². The van der Waals surface area contributed by atoms with Crippen molar-refractivity contribution in [1.82, 2.24) is 19.9 Å². The minimum Gasteiger partial charge on any atom is -0.422 e. The lowest BCUT2D eigenvalue weighted by molar-refractivity contribution is 0.444. The molecule has 0 aliphatic heterocycles. The van der Waals surface area contributed by atoms with Gasteiger partial charge in [0.2, 0.25) is 22.7 Å². The van der Waals surface area contributed by atoms with Gasteiger partial charge in [-0.25, -0.2) is 26.5 Å². The van der Waals surface area contributed by atoms with Gasteiger partial charge < -0.3 is 4.42 Å². The molecule has 0 saturated carbocycles. The molecule has 184 valence electrons. The molecule has 12 heteroatoms. The second kappa shape index (κ2) is 10.3. The molecule has 9 nitrogen and oxygen atoms in total. The number of fused-ring (bicyclic) bond motifs is 1. The molecular weight excluding hydrogens is 520 g/mol. The minimum absolute atomic E-state index is 0.0448. The molecule has 1 unspecified atom stereocenters. The number of thiol groups is 1. The molecule has 5 rings (SSSR count). The summed E-state index contributed by atoms with van der Waals surface area (Å²) < 4.78 is 57.6. The van der Waals surface area contributed by atoms with Gasteiger partial charge in [0, 0.05) is 0 Å². The zero-order chi connectivity index (χ0) is 25.1. The van der Waals surface area contributed by atoms with Crippen LogP contribution >= 0.6 is 11.3 Å². The number of rotatable bonds is 9. The van der Waals surface area contributed by atoms with Gasteiger partial charge in [-0.05, 0) is 28.8 Å². The molecule has 0 aliphatic rings. The Morgan fingerprint density at radius 2 is 1.64 bits per heavy atom. The van der Waals surface area contributed by atoms with Crippen LogP contribution in [0.1, 0.15) is 27.6 Å². The highest BCUT2D eigenvalue weighted by molar-refractivity contribution is 7.91. The highest BCUT2D eigenvalue weighted by Crippen LogP contribution is 2.38. The van der Waals surface area contributed by atoms with Crippen LogP contribution in [0.15, 0.2) is 83.3 Å². The van der Waals surface area contributed by atoms with E-state index in [1.807, 2.05) is 54.6 Å². The normalized spacial score (nSPS) is 12.8. The van der Waals surface area contributed by atoms with E-state index in [4.69, 9.17) is 4.42 Å². The lowest BCUT2D eigenvalue weighted by atomic mass is 10.1. The standard InChI is InChI=1S/C24H20N4O5S3/c29-35(30)25-14-21-27-28-23(33-21)22(36(31,32)15-16-7-3-1-4-8-16)24-26-19-12-11-18(13-20(19)34-24)17-9-5-2-6-10-17/h1-13,22,35H,14-15H2,(H,25,29,30). The summed E-state index contributed by atoms with van der Waals surface area (Å²) in [7, 11) is -6.77. The van der Waals surface area contributed by atoms with E-state index < -0.39 is 26.0 Å². The van der Waals surface area contributed by atoms with E-state index in [9.17, 15) is 16.8 Å². The van der Waals surface area contributed by atoms with Crippen LogP contribution in [0.2, 0.25) is 0 Å². The fraction of sp³-hybridized carbons (Fsp3) is 0.125. The number of hydrogen-bond acceptors (Lipinski definition) is 9. The number of benzene rings is 3. The smallest absolute Gasteiger partial charge is 0.241 e. The van der Waals surface area contributed by atoms with Crippen LogP contribution in [0.5, 0.6) is 0 Å². The van der Waals surface area contributed by atoms with E-state index in [-0.39, 0.29) is 24.1 Å². The van der Waals surface area contributed by atoms with Crippen LogP contribution in [-0.2, 0) is 33.0 Å². The maximum Gasteiger partial charge on any atom is 0.241 e. The van der Waals surface area contributed by atoms with Gasteiger partial charge in [0.25, 0.3) is 0 Å². The van der Waals surface area contributed by atoms with Crippen molar-refractivity contribution >= 4 is 42.3 Å². The molecule has 0 aliphatic carbocycles. The Morgan fingerprint density at radius 1 is 0.917 bits per heavy atom. The summed E-state index contributed by atoms with van der Waals surface area (Å²) in [6.45, 7) is -0.239. The van der Waals surface area contributed by atoms with E-state index in [0.717, 1.165) is 15.8 Å². The molecule has 3 aromatic carbocycles. The molecule has 2 heterocycles. The summed E-state index contributed by atoms with van der Waals surface area (Å²) in [5.74, 6) is -0.464. The van der Waals surface area contributed by atoms with Gasteiger partial charge in [-0.15, -0.1) is 21.5 Å². The molecule has 0 saturated heterocycles. The third-order valence-corrected chi connectivity index (χ3v) is 8.90. The minimum atomic E-state index is -3.90. The number of sulfone groups is 1. The predicted molar refractivity (Wildman–Crippen MR) is 137 cm³/mol. The van der Waals surface area contributed by atoms with Crippen molar-refractivity contribution in [2.45, 2.75) is 17.5 Å². The fourth-order valence-corrected chi connectivity index (χ4v) is 7.16. The predicted octanol–water partition coefficient (Wildman–Crippen LogP) is 3.67. The fourth-order valence-electron chi connectivity index (χ4n) is 3.74. The van der Waals surface area contributed by atoms with E-state index in [1.54, 1.807) is 24.3 Å². The van der Waals surface area contributed by atoms with Crippen LogP contribution < -0.4 is 4.72 Å². The van der Waals surface area contributed by atoms with E-state index in [1.165, 1.54) is 11.3 Å². The number of nitrogens with one attached hydrogen (secondary N) is 1. The van der Waals surface area contributed by atoms with Crippen molar-refractivity contribution in [2.75, 3.05) is 0 Å². The van der Waals surface area contributed by atoms with Crippen molar-refractivity contribution in [1.29, 1.82) is 0 Å². The third kappa shape index (κ3) is 5.36. The molecule has 1 N–H and O–H groups in total. The zero-order valence-electron chi connectivity index (χ0n) is 18.6. The van der Waals surface area contributed by atoms with Gasteiger partial charge in [0.15, 0.2) is 15.1 Å². The van der Waals surface area contributed by atoms with Crippen molar-refractivity contribution in [3.05, 3.63) is 101 Å². The van der Waals surface area contributed by atoms with Gasteiger partial charge >= 0.3 is 0 Å². The summed E-state index contributed by atoms with van der Waals surface area (Å²) in [6, 6.07) is 24.4. The van der Waals surface area contributed by atoms with Crippen molar-refractivity contribution in [3.63, 3.8) is 0 Å². The van der Waals surface area contributed by atoms with Crippen LogP contribution in [0.4, 0.5) is 0 Å². The first kappa shape index (κ1) is 24.3. The molecule has 0 amide bonds. The molecule has 0 radical (unpaired) electrons. The average molecular weight is 541 g/mol. The molecule has 0 spiro atoms. The summed E-state index contributed by atoms with van der Waals surface area (Å²) >= 11 is 1.24. The third-order valence-electron chi connectivity index (χ3n) is 5.37. The molecule has 1 atom stereocenters. The van der Waals surface area contributed by atoms with Crippen molar-refractivity contribution in [2.24, 2.45) is 0 Å². The SMILES string of the molecule is O=[SH](=O)NCc1nnc(C(c2nc3ccc(-c4ccccc4)cc3s2)S(=O)(=O)Cc2ccccc2)o1. The summed E-state index contributed by atoms with van der Waals surface area (Å²) in [4.78, 5) is 4.61. The lowest BCUT2D eigenvalue weighted by Crippen LogP contribution is -2.17. The zero-order valence-corrected chi connectivity index (χ0v) is 21.2. The molecule has 5 aromatic rings. The lowest BCUT2D eigenvalue weighted by Gasteiger charge is -2.12. The largest absolute Gasteiger partial charge is 0.422 e. The Hall–Kier alpha value is -3.45. The topological polar surface area (TPSA) is 132 Å². The Kier molecular flexibility index (Phi) is 6.92.